The fourth-order valence-electron chi connectivity index (χ4n) is 3.12. The number of ether oxygens (including phenoxy) is 1. The molecule has 0 bridgehead atoms. The maximum absolute atomic E-state index is 13.5. The molecule has 0 aliphatic carbocycles. The van der Waals surface area contributed by atoms with Gasteiger partial charge in [0, 0.05) is 12.1 Å². The second kappa shape index (κ2) is 13.5. The topological polar surface area (TPSA) is 159 Å². The average molecular weight is 522 g/mol. The van der Waals surface area contributed by atoms with Crippen LogP contribution >= 0.6 is 11.6 Å². The minimum absolute atomic E-state index is 0.0359. The molecule has 0 fully saturated rings. The van der Waals surface area contributed by atoms with Gasteiger partial charge >= 0.3 is 6.09 Å². The number of nitrogens with zero attached hydrogens (tertiary/aromatic N) is 2. The Morgan fingerprint density at radius 1 is 1.17 bits per heavy atom. The molecule has 11 nitrogen and oxygen atoms in total. The van der Waals surface area contributed by atoms with Crippen LogP contribution in [0.5, 0.6) is 0 Å². The van der Waals surface area contributed by atoms with Gasteiger partial charge < -0.3 is 30.1 Å². The van der Waals surface area contributed by atoms with E-state index in [1.807, 2.05) is 6.07 Å². The first kappa shape index (κ1) is 27.0. The summed E-state index contributed by atoms with van der Waals surface area (Å²) >= 11 is 5.89. The molecule has 0 spiro atoms. The molecule has 1 heterocycles. The fraction of sp³-hybridized carbons (Fsp3) is 0.304. The van der Waals surface area contributed by atoms with Crippen molar-refractivity contribution in [3.63, 3.8) is 0 Å². The van der Waals surface area contributed by atoms with E-state index < -0.39 is 36.6 Å². The molecule has 5 N–H and O–H groups in total. The van der Waals surface area contributed by atoms with Crippen molar-refractivity contribution in [1.82, 2.24) is 20.8 Å². The van der Waals surface area contributed by atoms with Crippen molar-refractivity contribution >= 4 is 29.5 Å². The van der Waals surface area contributed by atoms with E-state index in [9.17, 15) is 19.1 Å². The van der Waals surface area contributed by atoms with Gasteiger partial charge in [-0.05, 0) is 35.3 Å². The molecule has 2 aromatic carbocycles. The van der Waals surface area contributed by atoms with Crippen molar-refractivity contribution in [2.24, 2.45) is 0 Å². The summed E-state index contributed by atoms with van der Waals surface area (Å²) in [5, 5.41) is 30.3. The van der Waals surface area contributed by atoms with Crippen LogP contribution in [0.1, 0.15) is 12.0 Å². The second-order valence-corrected chi connectivity index (χ2v) is 8.04. The molecule has 0 aliphatic rings. The van der Waals surface area contributed by atoms with Crippen molar-refractivity contribution < 1.29 is 33.5 Å². The number of carbonyl (C=O) groups excluding carboxylic acids is 2. The maximum Gasteiger partial charge on any atom is 0.414 e. The van der Waals surface area contributed by atoms with Crippen LogP contribution in [-0.2, 0) is 16.1 Å². The minimum atomic E-state index is -1.15. The van der Waals surface area contributed by atoms with Gasteiger partial charge in [0.1, 0.15) is 12.4 Å². The van der Waals surface area contributed by atoms with Crippen LogP contribution in [0.15, 0.2) is 53.1 Å². The zero-order valence-electron chi connectivity index (χ0n) is 19.0. The molecule has 13 heteroatoms. The number of aromatic nitrogens is 2. The summed E-state index contributed by atoms with van der Waals surface area (Å²) in [6.45, 7) is -0.869. The van der Waals surface area contributed by atoms with Crippen molar-refractivity contribution in [1.29, 1.82) is 0 Å². The Balaban J connectivity index is 1.48. The highest BCUT2D eigenvalue weighted by Gasteiger charge is 2.20. The molecular formula is C23H25ClFN5O6. The van der Waals surface area contributed by atoms with Gasteiger partial charge in [-0.2, -0.15) is 4.98 Å². The first-order chi connectivity index (χ1) is 17.4. The standard InChI is InChI=1S/C23H25ClFN5O6/c24-20-15(7-4-8-18(20)25)10-26-11-19(33)27-16(9-17(32)12-31)13-35-23(34)29-22-28-21(36-30-22)14-5-2-1-3-6-14/h1-8,16-17,26,31-32H,9-13H2,(H,27,33)(H,29,30,34). The summed E-state index contributed by atoms with van der Waals surface area (Å²) in [7, 11) is 0. The highest BCUT2D eigenvalue weighted by Crippen LogP contribution is 2.19. The Hall–Kier alpha value is -3.58. The molecule has 0 radical (unpaired) electrons. The normalized spacial score (nSPS) is 12.6. The number of nitrogens with one attached hydrogen (secondary N) is 3. The summed E-state index contributed by atoms with van der Waals surface area (Å²) in [6, 6.07) is 12.5. The number of rotatable bonds is 12. The Labute approximate surface area is 210 Å². The third kappa shape index (κ3) is 8.27. The second-order valence-electron chi connectivity index (χ2n) is 7.67. The van der Waals surface area contributed by atoms with Crippen LogP contribution in [0, 0.1) is 5.82 Å². The maximum atomic E-state index is 13.5. The number of benzene rings is 2. The third-order valence-corrected chi connectivity index (χ3v) is 5.26. The lowest BCUT2D eigenvalue weighted by Crippen LogP contribution is -2.45. The fourth-order valence-corrected chi connectivity index (χ4v) is 3.31. The van der Waals surface area contributed by atoms with Gasteiger partial charge in [0.2, 0.25) is 5.91 Å². The number of anilines is 1. The number of carbonyl (C=O) groups is 2. The summed E-state index contributed by atoms with van der Waals surface area (Å²) in [4.78, 5) is 28.5. The van der Waals surface area contributed by atoms with Crippen LogP contribution in [0.4, 0.5) is 15.1 Å². The molecular weight excluding hydrogens is 497 g/mol. The van der Waals surface area contributed by atoms with E-state index in [1.165, 1.54) is 12.1 Å². The van der Waals surface area contributed by atoms with E-state index >= 15 is 0 Å². The van der Waals surface area contributed by atoms with Gasteiger partial charge in [-0.1, -0.05) is 41.9 Å². The monoisotopic (exact) mass is 521 g/mol. The van der Waals surface area contributed by atoms with Crippen LogP contribution in [0.2, 0.25) is 5.02 Å². The SMILES string of the molecule is O=C(CNCc1cccc(F)c1Cl)NC(COC(=O)Nc1noc(-c2ccccc2)n1)CC(O)CO. The summed E-state index contributed by atoms with van der Waals surface area (Å²) in [5.41, 5.74) is 1.15. The van der Waals surface area contributed by atoms with Crippen molar-refractivity contribution in [3.8, 4) is 11.5 Å². The average Bonchev–Trinajstić information content (AvgIpc) is 3.34. The Morgan fingerprint density at radius 3 is 2.69 bits per heavy atom. The zero-order chi connectivity index (χ0) is 25.9. The zero-order valence-corrected chi connectivity index (χ0v) is 19.7. The molecule has 36 heavy (non-hydrogen) atoms. The smallest absolute Gasteiger partial charge is 0.414 e. The van der Waals surface area contributed by atoms with Gasteiger partial charge in [0.15, 0.2) is 0 Å². The lowest BCUT2D eigenvalue weighted by molar-refractivity contribution is -0.121. The molecule has 2 amide bonds. The van der Waals surface area contributed by atoms with Gasteiger partial charge in [0.25, 0.3) is 11.8 Å². The minimum Gasteiger partial charge on any atom is -0.447 e. The van der Waals surface area contributed by atoms with Gasteiger partial charge in [0.05, 0.1) is 30.3 Å². The van der Waals surface area contributed by atoms with E-state index in [0.717, 1.165) is 0 Å². The quantitative estimate of drug-likeness (QED) is 0.240. The molecule has 192 valence electrons. The number of hydrogen-bond acceptors (Lipinski definition) is 9. The van der Waals surface area contributed by atoms with E-state index in [-0.39, 0.29) is 43.0 Å². The number of hydrogen-bond donors (Lipinski definition) is 5. The molecule has 2 unspecified atom stereocenters. The molecule has 2 atom stereocenters. The largest absolute Gasteiger partial charge is 0.447 e. The summed E-state index contributed by atoms with van der Waals surface area (Å²) < 4.78 is 23.7. The molecule has 3 rings (SSSR count). The molecule has 0 saturated heterocycles. The first-order valence-electron chi connectivity index (χ1n) is 10.9. The highest BCUT2D eigenvalue weighted by molar-refractivity contribution is 6.31. The third-order valence-electron chi connectivity index (χ3n) is 4.84. The molecule has 3 aromatic rings. The van der Waals surface area contributed by atoms with Crippen molar-refractivity contribution in [2.45, 2.75) is 25.1 Å². The number of aliphatic hydroxyl groups excluding tert-OH is 2. The van der Waals surface area contributed by atoms with Crippen molar-refractivity contribution in [2.75, 3.05) is 25.1 Å². The van der Waals surface area contributed by atoms with Crippen LogP contribution in [0.3, 0.4) is 0 Å². The van der Waals surface area contributed by atoms with E-state index in [0.29, 0.717) is 11.1 Å². The Bertz CT molecular complexity index is 1150. The lowest BCUT2D eigenvalue weighted by atomic mass is 10.1. The van der Waals surface area contributed by atoms with Crippen molar-refractivity contribution in [3.05, 3.63) is 64.9 Å². The van der Waals surface area contributed by atoms with Crippen LogP contribution < -0.4 is 16.0 Å². The van der Waals surface area contributed by atoms with E-state index in [1.54, 1.807) is 30.3 Å². The predicted octanol–water partition coefficient (Wildman–Crippen LogP) is 2.10. The van der Waals surface area contributed by atoms with Gasteiger partial charge in [-0.3, -0.25) is 10.1 Å². The van der Waals surface area contributed by atoms with E-state index in [2.05, 4.69) is 26.1 Å². The number of halogens is 2. The molecule has 0 saturated carbocycles. The molecule has 0 aliphatic heterocycles. The summed E-state index contributed by atoms with van der Waals surface area (Å²) in [5.74, 6) is -0.956. The summed E-state index contributed by atoms with van der Waals surface area (Å²) in [6.07, 6.45) is -2.13. The van der Waals surface area contributed by atoms with Crippen LogP contribution in [0.25, 0.3) is 11.5 Å². The van der Waals surface area contributed by atoms with Crippen LogP contribution in [-0.4, -0.2) is 64.3 Å². The number of amides is 2. The number of aliphatic hydroxyl groups is 2. The first-order valence-corrected chi connectivity index (χ1v) is 11.3. The highest BCUT2D eigenvalue weighted by atomic mass is 35.5. The Morgan fingerprint density at radius 2 is 1.94 bits per heavy atom. The van der Waals surface area contributed by atoms with Gasteiger partial charge in [-0.15, -0.1) is 0 Å². The predicted molar refractivity (Wildman–Crippen MR) is 127 cm³/mol. The molecule has 1 aromatic heterocycles. The van der Waals surface area contributed by atoms with Gasteiger partial charge in [-0.25, -0.2) is 9.18 Å². The Kier molecular flexibility index (Phi) is 10.1. The lowest BCUT2D eigenvalue weighted by Gasteiger charge is -2.21. The van der Waals surface area contributed by atoms with E-state index in [4.69, 9.17) is 26.0 Å².